The van der Waals surface area contributed by atoms with Gasteiger partial charge in [0.25, 0.3) is 0 Å². The first kappa shape index (κ1) is 10.4. The smallest absolute Gasteiger partial charge is 0.134 e. The second kappa shape index (κ2) is 3.77. The van der Waals surface area contributed by atoms with Crippen LogP contribution in [0.25, 0.3) is 0 Å². The molecular formula is C11H13F2NO. The first-order valence-corrected chi connectivity index (χ1v) is 4.92. The van der Waals surface area contributed by atoms with Crippen LogP contribution in [0.5, 0.6) is 5.75 Å². The minimum absolute atomic E-state index is 0.0155. The fourth-order valence-corrected chi connectivity index (χ4v) is 1.69. The van der Waals surface area contributed by atoms with Gasteiger partial charge >= 0.3 is 0 Å². The summed E-state index contributed by atoms with van der Waals surface area (Å²) in [6, 6.07) is 1.80. The van der Waals surface area contributed by atoms with Gasteiger partial charge in [0.05, 0.1) is 7.11 Å². The number of ether oxygens (including phenoxy) is 1. The largest absolute Gasteiger partial charge is 0.497 e. The molecule has 2 rings (SSSR count). The number of methoxy groups -OCH3 is 1. The van der Waals surface area contributed by atoms with Gasteiger partial charge in [0.1, 0.15) is 17.4 Å². The van der Waals surface area contributed by atoms with E-state index in [9.17, 15) is 8.78 Å². The lowest BCUT2D eigenvalue weighted by Crippen LogP contribution is -2.16. The van der Waals surface area contributed by atoms with Gasteiger partial charge in [0.2, 0.25) is 0 Å². The highest BCUT2D eigenvalue weighted by Gasteiger charge is 2.33. The van der Waals surface area contributed by atoms with Crippen molar-refractivity contribution < 1.29 is 13.5 Å². The molecule has 4 heteroatoms. The van der Waals surface area contributed by atoms with Crippen molar-refractivity contribution in [3.05, 3.63) is 29.3 Å². The predicted octanol–water partition coefficient (Wildman–Crippen LogP) is 2.38. The Balaban J connectivity index is 2.37. The van der Waals surface area contributed by atoms with E-state index in [0.29, 0.717) is 0 Å². The molecule has 1 atom stereocenters. The molecule has 1 aromatic carbocycles. The van der Waals surface area contributed by atoms with Crippen LogP contribution < -0.4 is 10.5 Å². The molecule has 0 saturated heterocycles. The van der Waals surface area contributed by atoms with Gasteiger partial charge in [0, 0.05) is 23.7 Å². The van der Waals surface area contributed by atoms with Crippen LogP contribution in [0.3, 0.4) is 0 Å². The Labute approximate surface area is 87.0 Å². The average molecular weight is 213 g/mol. The van der Waals surface area contributed by atoms with Crippen molar-refractivity contribution in [2.75, 3.05) is 7.11 Å². The van der Waals surface area contributed by atoms with E-state index in [2.05, 4.69) is 0 Å². The van der Waals surface area contributed by atoms with Gasteiger partial charge in [0.15, 0.2) is 0 Å². The standard InChI is InChI=1S/C11H13F2NO/c1-15-7-4-8(12)10(9(13)5-7)11(14)6-2-3-6/h4-6,11H,2-3,14H2,1H3. The Kier molecular flexibility index (Phi) is 2.61. The van der Waals surface area contributed by atoms with Crippen molar-refractivity contribution in [3.63, 3.8) is 0 Å². The van der Waals surface area contributed by atoms with E-state index >= 15 is 0 Å². The Morgan fingerprint density at radius 2 is 1.87 bits per heavy atom. The molecule has 0 bridgehead atoms. The van der Waals surface area contributed by atoms with E-state index in [4.69, 9.17) is 10.5 Å². The van der Waals surface area contributed by atoms with E-state index in [0.717, 1.165) is 12.8 Å². The number of hydrogen-bond donors (Lipinski definition) is 1. The molecule has 1 aliphatic carbocycles. The van der Waals surface area contributed by atoms with Gasteiger partial charge in [-0.25, -0.2) is 8.78 Å². The van der Waals surface area contributed by atoms with E-state index in [1.54, 1.807) is 0 Å². The predicted molar refractivity (Wildman–Crippen MR) is 52.6 cm³/mol. The van der Waals surface area contributed by atoms with Gasteiger partial charge < -0.3 is 10.5 Å². The summed E-state index contributed by atoms with van der Waals surface area (Å²) in [7, 11) is 1.37. The van der Waals surface area contributed by atoms with E-state index in [1.165, 1.54) is 19.2 Å². The van der Waals surface area contributed by atoms with Crippen LogP contribution in [0.4, 0.5) is 8.78 Å². The maximum atomic E-state index is 13.5. The Hall–Kier alpha value is -1.16. The Morgan fingerprint density at radius 1 is 1.33 bits per heavy atom. The highest BCUT2D eigenvalue weighted by molar-refractivity contribution is 5.33. The van der Waals surface area contributed by atoms with Crippen LogP contribution in [0, 0.1) is 17.6 Å². The lowest BCUT2D eigenvalue weighted by atomic mass is 10.0. The second-order valence-corrected chi connectivity index (χ2v) is 3.87. The van der Waals surface area contributed by atoms with Crippen LogP contribution in [0.15, 0.2) is 12.1 Å². The normalized spacial score (nSPS) is 17.6. The molecule has 0 amide bonds. The summed E-state index contributed by atoms with van der Waals surface area (Å²) in [6.45, 7) is 0. The van der Waals surface area contributed by atoms with Crippen molar-refractivity contribution in [2.45, 2.75) is 18.9 Å². The topological polar surface area (TPSA) is 35.2 Å². The molecule has 2 N–H and O–H groups in total. The highest BCUT2D eigenvalue weighted by atomic mass is 19.1. The van der Waals surface area contributed by atoms with Gasteiger partial charge in [-0.3, -0.25) is 0 Å². The van der Waals surface area contributed by atoms with Crippen LogP contribution in [0.1, 0.15) is 24.4 Å². The summed E-state index contributed by atoms with van der Waals surface area (Å²) in [5, 5.41) is 0. The lowest BCUT2D eigenvalue weighted by Gasteiger charge is -2.13. The number of halogens is 2. The summed E-state index contributed by atoms with van der Waals surface area (Å²) < 4.78 is 31.8. The van der Waals surface area contributed by atoms with Crippen molar-refractivity contribution in [1.29, 1.82) is 0 Å². The average Bonchev–Trinajstić information content (AvgIpc) is 2.99. The number of hydrogen-bond acceptors (Lipinski definition) is 2. The van der Waals surface area contributed by atoms with Crippen LogP contribution in [-0.2, 0) is 0 Å². The maximum Gasteiger partial charge on any atom is 0.134 e. The van der Waals surface area contributed by atoms with Gasteiger partial charge in [-0.15, -0.1) is 0 Å². The van der Waals surface area contributed by atoms with Crippen LogP contribution in [0.2, 0.25) is 0 Å². The molecule has 0 heterocycles. The quantitative estimate of drug-likeness (QED) is 0.836. The third kappa shape index (κ3) is 1.95. The van der Waals surface area contributed by atoms with Gasteiger partial charge in [-0.05, 0) is 18.8 Å². The van der Waals surface area contributed by atoms with Gasteiger partial charge in [-0.2, -0.15) is 0 Å². The minimum Gasteiger partial charge on any atom is -0.497 e. The zero-order valence-electron chi connectivity index (χ0n) is 8.47. The van der Waals surface area contributed by atoms with Crippen molar-refractivity contribution in [1.82, 2.24) is 0 Å². The number of rotatable bonds is 3. The molecule has 1 aromatic rings. The first-order valence-electron chi connectivity index (χ1n) is 4.92. The van der Waals surface area contributed by atoms with E-state index in [1.807, 2.05) is 0 Å². The number of nitrogens with two attached hydrogens (primary N) is 1. The van der Waals surface area contributed by atoms with E-state index < -0.39 is 17.7 Å². The molecule has 2 nitrogen and oxygen atoms in total. The summed E-state index contributed by atoms with van der Waals surface area (Å²) in [4.78, 5) is 0. The summed E-state index contributed by atoms with van der Waals surface area (Å²) in [5.74, 6) is -0.836. The SMILES string of the molecule is COc1cc(F)c(C(N)C2CC2)c(F)c1. The van der Waals surface area contributed by atoms with Crippen molar-refractivity contribution >= 4 is 0 Å². The molecule has 1 saturated carbocycles. The zero-order chi connectivity index (χ0) is 11.0. The lowest BCUT2D eigenvalue weighted by molar-refractivity contribution is 0.402. The fourth-order valence-electron chi connectivity index (χ4n) is 1.69. The molecule has 1 unspecified atom stereocenters. The molecule has 82 valence electrons. The molecule has 0 aromatic heterocycles. The van der Waals surface area contributed by atoms with Crippen molar-refractivity contribution in [3.8, 4) is 5.75 Å². The Bertz CT molecular complexity index is 354. The second-order valence-electron chi connectivity index (χ2n) is 3.87. The third-order valence-electron chi connectivity index (χ3n) is 2.75. The molecule has 1 fully saturated rings. The zero-order valence-corrected chi connectivity index (χ0v) is 8.47. The molecular weight excluding hydrogens is 200 g/mol. The first-order chi connectivity index (χ1) is 7.13. The Morgan fingerprint density at radius 3 is 2.27 bits per heavy atom. The summed E-state index contributed by atoms with van der Waals surface area (Å²) >= 11 is 0. The summed E-state index contributed by atoms with van der Waals surface area (Å²) in [6.07, 6.45) is 1.90. The highest BCUT2D eigenvalue weighted by Crippen LogP contribution is 2.41. The van der Waals surface area contributed by atoms with Crippen molar-refractivity contribution in [2.24, 2.45) is 11.7 Å². The molecule has 0 spiro atoms. The number of benzene rings is 1. The molecule has 15 heavy (non-hydrogen) atoms. The van der Waals surface area contributed by atoms with E-state index in [-0.39, 0.29) is 17.2 Å². The molecule has 0 radical (unpaired) electrons. The fraction of sp³-hybridized carbons (Fsp3) is 0.455. The monoisotopic (exact) mass is 213 g/mol. The molecule has 1 aliphatic rings. The van der Waals surface area contributed by atoms with Crippen LogP contribution >= 0.6 is 0 Å². The maximum absolute atomic E-state index is 13.5. The van der Waals surface area contributed by atoms with Gasteiger partial charge in [-0.1, -0.05) is 0 Å². The third-order valence-corrected chi connectivity index (χ3v) is 2.75. The molecule has 0 aliphatic heterocycles. The minimum atomic E-state index is -0.619. The summed E-state index contributed by atoms with van der Waals surface area (Å²) in [5.41, 5.74) is 5.76. The van der Waals surface area contributed by atoms with Crippen LogP contribution in [-0.4, -0.2) is 7.11 Å².